The van der Waals surface area contributed by atoms with Crippen molar-refractivity contribution in [1.29, 1.82) is 0 Å². The molecule has 0 saturated heterocycles. The standard InChI is InChI=1S/C26H28N2O2/c1-21(29)27-25(24-15-9-4-10-16-24)19-26(30)28(20-23-13-7-3-8-14-23)18-17-22-11-5-2-6-12-22/h2-16,25H,17-20H2,1H3,(H,27,29). The molecule has 0 bridgehead atoms. The molecule has 3 rings (SSSR count). The van der Waals surface area contributed by atoms with Gasteiger partial charge in [-0.3, -0.25) is 9.59 Å². The normalized spacial score (nSPS) is 11.5. The van der Waals surface area contributed by atoms with Crippen molar-refractivity contribution in [3.05, 3.63) is 108 Å². The number of benzene rings is 3. The minimum absolute atomic E-state index is 0.0254. The van der Waals surface area contributed by atoms with E-state index in [4.69, 9.17) is 0 Å². The fourth-order valence-corrected chi connectivity index (χ4v) is 3.49. The number of carbonyl (C=O) groups is 2. The molecule has 30 heavy (non-hydrogen) atoms. The highest BCUT2D eigenvalue weighted by atomic mass is 16.2. The molecular weight excluding hydrogens is 372 g/mol. The van der Waals surface area contributed by atoms with Crippen LogP contribution in [0.25, 0.3) is 0 Å². The van der Waals surface area contributed by atoms with E-state index in [9.17, 15) is 9.59 Å². The van der Waals surface area contributed by atoms with Gasteiger partial charge in [0, 0.05) is 20.0 Å². The smallest absolute Gasteiger partial charge is 0.225 e. The molecule has 4 heteroatoms. The number of hydrogen-bond acceptors (Lipinski definition) is 2. The minimum atomic E-state index is -0.341. The lowest BCUT2D eigenvalue weighted by Crippen LogP contribution is -2.36. The van der Waals surface area contributed by atoms with Gasteiger partial charge in [0.25, 0.3) is 0 Å². The van der Waals surface area contributed by atoms with Crippen molar-refractivity contribution < 1.29 is 9.59 Å². The summed E-state index contributed by atoms with van der Waals surface area (Å²) in [4.78, 5) is 26.9. The zero-order valence-corrected chi connectivity index (χ0v) is 17.3. The molecule has 0 aliphatic rings. The zero-order chi connectivity index (χ0) is 21.2. The summed E-state index contributed by atoms with van der Waals surface area (Å²) in [5, 5.41) is 2.93. The Morgan fingerprint density at radius 3 is 1.90 bits per heavy atom. The molecule has 0 heterocycles. The van der Waals surface area contributed by atoms with Gasteiger partial charge in [-0.1, -0.05) is 91.0 Å². The molecule has 0 radical (unpaired) electrons. The Bertz CT molecular complexity index is 927. The summed E-state index contributed by atoms with van der Waals surface area (Å²) in [6, 6.07) is 29.5. The fourth-order valence-electron chi connectivity index (χ4n) is 3.49. The lowest BCUT2D eigenvalue weighted by molar-refractivity contribution is -0.132. The lowest BCUT2D eigenvalue weighted by atomic mass is 10.0. The number of nitrogens with zero attached hydrogens (tertiary/aromatic N) is 1. The van der Waals surface area contributed by atoms with E-state index in [1.54, 1.807) is 0 Å². The molecule has 154 valence electrons. The second-order valence-electron chi connectivity index (χ2n) is 7.40. The molecule has 3 aromatic rings. The fraction of sp³-hybridized carbons (Fsp3) is 0.231. The van der Waals surface area contributed by atoms with Crippen LogP contribution in [0.4, 0.5) is 0 Å². The van der Waals surface area contributed by atoms with E-state index >= 15 is 0 Å². The van der Waals surface area contributed by atoms with E-state index in [0.29, 0.717) is 13.1 Å². The first-order valence-corrected chi connectivity index (χ1v) is 10.3. The highest BCUT2D eigenvalue weighted by Gasteiger charge is 2.21. The molecule has 0 saturated carbocycles. The van der Waals surface area contributed by atoms with Gasteiger partial charge in [-0.25, -0.2) is 0 Å². The molecule has 1 atom stereocenters. The number of rotatable bonds is 9. The van der Waals surface area contributed by atoms with Crippen LogP contribution in [-0.4, -0.2) is 23.3 Å². The van der Waals surface area contributed by atoms with Gasteiger partial charge in [0.2, 0.25) is 11.8 Å². The summed E-state index contributed by atoms with van der Waals surface area (Å²) in [7, 11) is 0. The van der Waals surface area contributed by atoms with Crippen LogP contribution in [-0.2, 0) is 22.6 Å². The molecule has 0 aliphatic carbocycles. The summed E-state index contributed by atoms with van der Waals surface area (Å²) in [6.07, 6.45) is 1.01. The Labute approximate surface area is 178 Å². The third kappa shape index (κ3) is 6.59. The van der Waals surface area contributed by atoms with Crippen LogP contribution < -0.4 is 5.32 Å². The average Bonchev–Trinajstić information content (AvgIpc) is 2.78. The summed E-state index contributed by atoms with van der Waals surface area (Å²) in [5.41, 5.74) is 3.23. The Balaban J connectivity index is 1.75. The predicted octanol–water partition coefficient (Wildman–Crippen LogP) is 4.53. The third-order valence-corrected chi connectivity index (χ3v) is 5.04. The van der Waals surface area contributed by atoms with Gasteiger partial charge in [-0.05, 0) is 23.1 Å². The van der Waals surface area contributed by atoms with Crippen molar-refractivity contribution in [3.8, 4) is 0 Å². The van der Waals surface area contributed by atoms with Gasteiger partial charge in [-0.15, -0.1) is 0 Å². The highest BCUT2D eigenvalue weighted by molar-refractivity contribution is 5.79. The quantitative estimate of drug-likeness (QED) is 0.574. The van der Waals surface area contributed by atoms with E-state index < -0.39 is 0 Å². The minimum Gasteiger partial charge on any atom is -0.349 e. The highest BCUT2D eigenvalue weighted by Crippen LogP contribution is 2.19. The van der Waals surface area contributed by atoms with Crippen LogP contribution in [0.1, 0.15) is 36.1 Å². The van der Waals surface area contributed by atoms with Gasteiger partial charge in [0.15, 0.2) is 0 Å². The van der Waals surface area contributed by atoms with Gasteiger partial charge < -0.3 is 10.2 Å². The molecule has 2 amide bonds. The zero-order valence-electron chi connectivity index (χ0n) is 17.3. The number of carbonyl (C=O) groups excluding carboxylic acids is 2. The van der Waals surface area contributed by atoms with Crippen molar-refractivity contribution in [2.45, 2.75) is 32.4 Å². The molecule has 0 aliphatic heterocycles. The Hall–Kier alpha value is -3.40. The third-order valence-electron chi connectivity index (χ3n) is 5.04. The van der Waals surface area contributed by atoms with Crippen molar-refractivity contribution in [3.63, 3.8) is 0 Å². The van der Waals surface area contributed by atoms with Crippen LogP contribution in [0, 0.1) is 0 Å². The van der Waals surface area contributed by atoms with Gasteiger partial charge in [-0.2, -0.15) is 0 Å². The van der Waals surface area contributed by atoms with Gasteiger partial charge in [0.05, 0.1) is 12.5 Å². The Kier molecular flexibility index (Phi) is 7.78. The molecule has 3 aromatic carbocycles. The maximum Gasteiger partial charge on any atom is 0.225 e. The van der Waals surface area contributed by atoms with E-state index in [1.807, 2.05) is 83.8 Å². The predicted molar refractivity (Wildman–Crippen MR) is 120 cm³/mol. The second-order valence-corrected chi connectivity index (χ2v) is 7.40. The van der Waals surface area contributed by atoms with Crippen LogP contribution in [0.3, 0.4) is 0 Å². The summed E-state index contributed by atoms with van der Waals surface area (Å²) < 4.78 is 0. The van der Waals surface area contributed by atoms with E-state index in [-0.39, 0.29) is 24.3 Å². The number of nitrogens with one attached hydrogen (secondary N) is 1. The van der Waals surface area contributed by atoms with Crippen LogP contribution in [0.2, 0.25) is 0 Å². The molecule has 0 fully saturated rings. The van der Waals surface area contributed by atoms with E-state index in [2.05, 4.69) is 17.4 Å². The number of amides is 2. The topological polar surface area (TPSA) is 49.4 Å². The first kappa shape index (κ1) is 21.3. The maximum atomic E-state index is 13.3. The number of hydrogen-bond donors (Lipinski definition) is 1. The van der Waals surface area contributed by atoms with E-state index in [0.717, 1.165) is 17.5 Å². The van der Waals surface area contributed by atoms with Crippen LogP contribution in [0.15, 0.2) is 91.0 Å². The first-order valence-electron chi connectivity index (χ1n) is 10.3. The monoisotopic (exact) mass is 400 g/mol. The molecule has 4 nitrogen and oxygen atoms in total. The largest absolute Gasteiger partial charge is 0.349 e. The molecule has 0 spiro atoms. The molecular formula is C26H28N2O2. The molecule has 1 N–H and O–H groups in total. The van der Waals surface area contributed by atoms with Gasteiger partial charge in [0.1, 0.15) is 0 Å². The van der Waals surface area contributed by atoms with E-state index in [1.165, 1.54) is 12.5 Å². The molecule has 0 aromatic heterocycles. The maximum absolute atomic E-state index is 13.3. The Morgan fingerprint density at radius 2 is 1.33 bits per heavy atom. The lowest BCUT2D eigenvalue weighted by Gasteiger charge is -2.26. The molecule has 1 unspecified atom stereocenters. The summed E-state index contributed by atoms with van der Waals surface area (Å²) in [6.45, 7) is 2.66. The summed E-state index contributed by atoms with van der Waals surface area (Å²) >= 11 is 0. The average molecular weight is 401 g/mol. The van der Waals surface area contributed by atoms with Crippen molar-refractivity contribution >= 4 is 11.8 Å². The van der Waals surface area contributed by atoms with Crippen LogP contribution in [0.5, 0.6) is 0 Å². The van der Waals surface area contributed by atoms with Crippen molar-refractivity contribution in [2.24, 2.45) is 0 Å². The Morgan fingerprint density at radius 1 is 0.800 bits per heavy atom. The second kappa shape index (κ2) is 11.0. The van der Waals surface area contributed by atoms with Gasteiger partial charge >= 0.3 is 0 Å². The first-order chi connectivity index (χ1) is 14.6. The van der Waals surface area contributed by atoms with Crippen molar-refractivity contribution in [2.75, 3.05) is 6.54 Å². The van der Waals surface area contributed by atoms with Crippen molar-refractivity contribution in [1.82, 2.24) is 10.2 Å². The van der Waals surface area contributed by atoms with Crippen LogP contribution >= 0.6 is 0 Å². The SMILES string of the molecule is CC(=O)NC(CC(=O)N(CCc1ccccc1)Cc1ccccc1)c1ccccc1. The summed E-state index contributed by atoms with van der Waals surface area (Å²) in [5.74, 6) is -0.118.